The summed E-state index contributed by atoms with van der Waals surface area (Å²) in [5, 5.41) is 28.5. The summed E-state index contributed by atoms with van der Waals surface area (Å²) in [5.74, 6) is 1.34. The third-order valence-corrected chi connectivity index (χ3v) is 14.5. The van der Waals surface area contributed by atoms with E-state index in [1.165, 1.54) is 0 Å². The fourth-order valence-electron chi connectivity index (χ4n) is 11.1. The molecule has 5 aromatic heterocycles. The number of nitriles is 2. The molecule has 5 heterocycles. The summed E-state index contributed by atoms with van der Waals surface area (Å²) in [7, 11) is 0. The summed E-state index contributed by atoms with van der Waals surface area (Å²) < 4.78 is 17.9. The molecule has 9 heteroatoms. The van der Waals surface area contributed by atoms with Crippen LogP contribution < -0.4 is 0 Å². The van der Waals surface area contributed by atoms with Crippen molar-refractivity contribution in [3.8, 4) is 68.8 Å². The molecule has 0 amide bonds. The van der Waals surface area contributed by atoms with Crippen LogP contribution in [0, 0.1) is 22.7 Å². The van der Waals surface area contributed by atoms with Gasteiger partial charge in [0.1, 0.15) is 22.3 Å². The number of hydrogen-bond acceptors (Lipinski definition) is 7. The molecule has 0 aliphatic heterocycles. The van der Waals surface area contributed by atoms with Crippen LogP contribution in [0.2, 0.25) is 0 Å². The first-order valence-corrected chi connectivity index (χ1v) is 24.3. The van der Waals surface area contributed by atoms with Gasteiger partial charge in [0.25, 0.3) is 0 Å². The molecule has 0 bridgehead atoms. The molecule has 342 valence electrons. The highest BCUT2D eigenvalue weighted by molar-refractivity contribution is 6.25. The second-order valence-electron chi connectivity index (χ2n) is 18.5. The molecule has 15 rings (SSSR count). The summed E-state index contributed by atoms with van der Waals surface area (Å²) in [6.07, 6.45) is 0. The number of hydrogen-bond donors (Lipinski definition) is 0. The first kappa shape index (κ1) is 41.2. The molecule has 15 aromatic rings. The fraction of sp³-hybridized carbons (Fsp3) is 0. The van der Waals surface area contributed by atoms with Gasteiger partial charge in [0, 0.05) is 49.0 Å². The highest BCUT2D eigenvalue weighted by Crippen LogP contribution is 2.45. The summed E-state index contributed by atoms with van der Waals surface area (Å²) in [4.78, 5) is 16.2. The van der Waals surface area contributed by atoms with Gasteiger partial charge < -0.3 is 18.0 Å². The summed E-state index contributed by atoms with van der Waals surface area (Å²) in [6, 6.07) is 75.9. The molecule has 0 fully saturated rings. The van der Waals surface area contributed by atoms with Crippen LogP contribution in [-0.2, 0) is 0 Å². The van der Waals surface area contributed by atoms with Crippen molar-refractivity contribution >= 4 is 87.5 Å². The van der Waals surface area contributed by atoms with E-state index in [1.807, 2.05) is 121 Å². The molecule has 9 nitrogen and oxygen atoms in total. The molecule has 0 N–H and O–H groups in total. The van der Waals surface area contributed by atoms with Crippen molar-refractivity contribution in [3.63, 3.8) is 0 Å². The smallest absolute Gasteiger partial charge is 0.166 e. The van der Waals surface area contributed by atoms with E-state index in [0.29, 0.717) is 34.2 Å². The predicted octanol–water partition coefficient (Wildman–Crippen LogP) is 16.3. The molecule has 10 aromatic carbocycles. The zero-order valence-corrected chi connectivity index (χ0v) is 39.2. The summed E-state index contributed by atoms with van der Waals surface area (Å²) in [6.45, 7) is 0. The van der Waals surface area contributed by atoms with Gasteiger partial charge in [-0.3, -0.25) is 0 Å². The number of nitrogens with zero attached hydrogens (tertiary/aromatic N) is 7. The van der Waals surface area contributed by atoms with Crippen LogP contribution in [0.1, 0.15) is 11.1 Å². The van der Waals surface area contributed by atoms with Crippen molar-refractivity contribution in [2.45, 2.75) is 0 Å². The second kappa shape index (κ2) is 16.0. The van der Waals surface area contributed by atoms with Crippen LogP contribution in [0.3, 0.4) is 0 Å². The number of aromatic nitrogens is 5. The Kier molecular flexibility index (Phi) is 8.88. The Morgan fingerprint density at radius 3 is 1.45 bits per heavy atom. The number of benzene rings is 10. The molecule has 0 aliphatic carbocycles. The summed E-state index contributed by atoms with van der Waals surface area (Å²) >= 11 is 0. The minimum absolute atomic E-state index is 0.421. The van der Waals surface area contributed by atoms with E-state index < -0.39 is 0 Å². The number of para-hydroxylation sites is 4. The highest BCUT2D eigenvalue weighted by atomic mass is 16.3. The first-order valence-electron chi connectivity index (χ1n) is 24.3. The van der Waals surface area contributed by atoms with E-state index in [-0.39, 0.29) is 0 Å². The van der Waals surface area contributed by atoms with Gasteiger partial charge in [0.2, 0.25) is 0 Å². The standard InChI is InChI=1S/C65H35N7O2/c66-36-38-22-25-40(26-23-38)42-27-31-53(71-51-18-8-4-16-47(51)59-54(71)32-29-45-43-14-6-10-20-57(43)73-61(45)59)50(35-42)65-69-63(41-12-2-1-3-13-41)68-64(70-65)49-28-24-39(37-67)34-56(49)72-52-19-9-5-17-48(52)60-55(72)33-30-46-44-15-7-11-21-58(44)74-62(46)60/h1-35H. The topological polar surface area (TPSA) is 122 Å². The lowest BCUT2D eigenvalue weighted by Gasteiger charge is -2.17. The average molecular weight is 946 g/mol. The van der Waals surface area contributed by atoms with E-state index in [4.69, 9.17) is 23.8 Å². The van der Waals surface area contributed by atoms with Gasteiger partial charge in [-0.15, -0.1) is 0 Å². The van der Waals surface area contributed by atoms with Gasteiger partial charge in [-0.05, 0) is 102 Å². The van der Waals surface area contributed by atoms with Gasteiger partial charge >= 0.3 is 0 Å². The van der Waals surface area contributed by atoms with E-state index in [2.05, 4.69) is 112 Å². The number of furan rings is 2. The molecular formula is C65H35N7O2. The second-order valence-corrected chi connectivity index (χ2v) is 18.5. The molecule has 0 atom stereocenters. The lowest BCUT2D eigenvalue weighted by molar-refractivity contribution is 0.672. The molecule has 0 saturated heterocycles. The maximum atomic E-state index is 10.5. The predicted molar refractivity (Wildman–Crippen MR) is 294 cm³/mol. The quantitative estimate of drug-likeness (QED) is 0.163. The van der Waals surface area contributed by atoms with E-state index >= 15 is 0 Å². The van der Waals surface area contributed by atoms with Gasteiger partial charge in [-0.1, -0.05) is 121 Å². The number of fused-ring (bicyclic) bond motifs is 14. The molecule has 74 heavy (non-hydrogen) atoms. The minimum atomic E-state index is 0.421. The Morgan fingerprint density at radius 1 is 0.338 bits per heavy atom. The van der Waals surface area contributed by atoms with Crippen LogP contribution in [0.4, 0.5) is 0 Å². The highest BCUT2D eigenvalue weighted by Gasteiger charge is 2.26. The van der Waals surface area contributed by atoms with Crippen LogP contribution in [0.5, 0.6) is 0 Å². The van der Waals surface area contributed by atoms with Gasteiger partial charge in [-0.2, -0.15) is 10.5 Å². The maximum absolute atomic E-state index is 10.5. The SMILES string of the molecule is N#Cc1ccc(-c2ccc(-n3c4ccccc4c4c5oc6ccccc6c5ccc43)c(-c3nc(-c4ccccc4)nc(-c4ccc(C#N)cc4-n4c5ccccc5c5c6oc7ccccc7c6ccc54)n3)c2)cc1. The third kappa shape index (κ3) is 6.11. The van der Waals surface area contributed by atoms with Crippen molar-refractivity contribution in [1.82, 2.24) is 24.1 Å². The molecule has 0 saturated carbocycles. The van der Waals surface area contributed by atoms with Crippen molar-refractivity contribution in [3.05, 3.63) is 223 Å². The summed E-state index contributed by atoms with van der Waals surface area (Å²) in [5.41, 5.74) is 13.8. The minimum Gasteiger partial charge on any atom is -0.455 e. The zero-order chi connectivity index (χ0) is 49.0. The molecular weight excluding hydrogens is 911 g/mol. The Labute approximate surface area is 421 Å². The normalized spacial score (nSPS) is 11.8. The van der Waals surface area contributed by atoms with Crippen LogP contribution >= 0.6 is 0 Å². The molecule has 0 aliphatic rings. The van der Waals surface area contributed by atoms with Crippen molar-refractivity contribution in [2.75, 3.05) is 0 Å². The molecule has 0 unspecified atom stereocenters. The maximum Gasteiger partial charge on any atom is 0.166 e. The lowest BCUT2D eigenvalue weighted by atomic mass is 10.00. The molecule has 0 radical (unpaired) electrons. The number of rotatable bonds is 6. The fourth-order valence-corrected chi connectivity index (χ4v) is 11.1. The van der Waals surface area contributed by atoms with Gasteiger partial charge in [-0.25, -0.2) is 15.0 Å². The van der Waals surface area contributed by atoms with Crippen molar-refractivity contribution < 1.29 is 8.83 Å². The Bertz CT molecular complexity index is 4930. The van der Waals surface area contributed by atoms with Gasteiger partial charge in [0.15, 0.2) is 17.5 Å². The average Bonchev–Trinajstić information content (AvgIpc) is 4.25. The first-order chi connectivity index (χ1) is 36.6. The van der Waals surface area contributed by atoms with Crippen molar-refractivity contribution in [2.24, 2.45) is 0 Å². The zero-order valence-electron chi connectivity index (χ0n) is 39.2. The van der Waals surface area contributed by atoms with Crippen LogP contribution in [-0.4, -0.2) is 24.1 Å². The van der Waals surface area contributed by atoms with E-state index in [9.17, 15) is 10.5 Å². The molecule has 0 spiro atoms. The monoisotopic (exact) mass is 945 g/mol. The van der Waals surface area contributed by atoms with Crippen LogP contribution in [0.15, 0.2) is 221 Å². The van der Waals surface area contributed by atoms with Gasteiger partial charge in [0.05, 0.1) is 67.5 Å². The van der Waals surface area contributed by atoms with Crippen LogP contribution in [0.25, 0.3) is 144 Å². The largest absolute Gasteiger partial charge is 0.455 e. The lowest BCUT2D eigenvalue weighted by Crippen LogP contribution is -2.06. The van der Waals surface area contributed by atoms with E-state index in [0.717, 1.165) is 121 Å². The Balaban J connectivity index is 1.03. The Morgan fingerprint density at radius 2 is 0.838 bits per heavy atom. The van der Waals surface area contributed by atoms with Crippen molar-refractivity contribution in [1.29, 1.82) is 10.5 Å². The third-order valence-electron chi connectivity index (χ3n) is 14.5. The Hall–Kier alpha value is -10.6. The van der Waals surface area contributed by atoms with E-state index in [1.54, 1.807) is 0 Å².